The van der Waals surface area contributed by atoms with Crippen LogP contribution >= 0.6 is 0 Å². The summed E-state index contributed by atoms with van der Waals surface area (Å²) in [5.41, 5.74) is 5.82. The Morgan fingerprint density at radius 1 is 1.20 bits per heavy atom. The van der Waals surface area contributed by atoms with Crippen LogP contribution in [0, 0.1) is 5.92 Å². The van der Waals surface area contributed by atoms with Gasteiger partial charge in [-0.05, 0) is 32.1 Å². The Hall–Kier alpha value is -0.610. The van der Waals surface area contributed by atoms with Gasteiger partial charge in [-0.25, -0.2) is 0 Å². The van der Waals surface area contributed by atoms with Crippen molar-refractivity contribution in [1.82, 2.24) is 10.6 Å². The zero-order chi connectivity index (χ0) is 10.7. The standard InChI is InChI=1S/C11H21N3O/c12-9-3-4-10(7-9)13-5-6-14-11(15)8-1-2-8/h8-10,13H,1-7,12H2,(H,14,15). The van der Waals surface area contributed by atoms with E-state index in [1.807, 2.05) is 0 Å². The van der Waals surface area contributed by atoms with Gasteiger partial charge in [-0.1, -0.05) is 0 Å². The van der Waals surface area contributed by atoms with E-state index in [9.17, 15) is 4.79 Å². The van der Waals surface area contributed by atoms with Gasteiger partial charge in [-0.3, -0.25) is 4.79 Å². The van der Waals surface area contributed by atoms with Crippen LogP contribution in [0.1, 0.15) is 32.1 Å². The van der Waals surface area contributed by atoms with Gasteiger partial charge in [-0.15, -0.1) is 0 Å². The highest BCUT2D eigenvalue weighted by molar-refractivity contribution is 5.80. The van der Waals surface area contributed by atoms with Gasteiger partial charge in [0.05, 0.1) is 0 Å². The topological polar surface area (TPSA) is 67.2 Å². The van der Waals surface area contributed by atoms with Crippen LogP contribution in [-0.2, 0) is 4.79 Å². The molecule has 0 radical (unpaired) electrons. The molecule has 2 rings (SSSR count). The Morgan fingerprint density at radius 3 is 2.60 bits per heavy atom. The number of carbonyl (C=O) groups excluding carboxylic acids is 1. The second-order valence-corrected chi connectivity index (χ2v) is 4.79. The predicted octanol–water partition coefficient (Wildman–Crippen LogP) is -0.0180. The van der Waals surface area contributed by atoms with Crippen LogP contribution in [0.3, 0.4) is 0 Å². The summed E-state index contributed by atoms with van der Waals surface area (Å²) in [5.74, 6) is 0.560. The molecular formula is C11H21N3O. The van der Waals surface area contributed by atoms with Gasteiger partial charge in [0, 0.05) is 31.1 Å². The minimum absolute atomic E-state index is 0.236. The maximum absolute atomic E-state index is 11.3. The molecule has 2 fully saturated rings. The number of amides is 1. The first kappa shape index (κ1) is 10.9. The molecular weight excluding hydrogens is 190 g/mol. The molecule has 2 aliphatic rings. The van der Waals surface area contributed by atoms with Crippen molar-refractivity contribution >= 4 is 5.91 Å². The minimum atomic E-state index is 0.236. The maximum Gasteiger partial charge on any atom is 0.223 e. The number of hydrogen-bond donors (Lipinski definition) is 3. The molecule has 2 saturated carbocycles. The van der Waals surface area contributed by atoms with E-state index >= 15 is 0 Å². The largest absolute Gasteiger partial charge is 0.355 e. The fourth-order valence-corrected chi connectivity index (χ4v) is 2.15. The first-order valence-electron chi connectivity index (χ1n) is 6.02. The molecule has 0 bridgehead atoms. The predicted molar refractivity (Wildman–Crippen MR) is 59.4 cm³/mol. The monoisotopic (exact) mass is 211 g/mol. The normalized spacial score (nSPS) is 30.5. The summed E-state index contributed by atoms with van der Waals surface area (Å²) in [7, 11) is 0. The molecule has 0 spiro atoms. The average Bonchev–Trinajstić information content (AvgIpc) is 2.98. The highest BCUT2D eigenvalue weighted by atomic mass is 16.2. The first-order chi connectivity index (χ1) is 7.25. The van der Waals surface area contributed by atoms with E-state index in [0.29, 0.717) is 18.0 Å². The van der Waals surface area contributed by atoms with Gasteiger partial charge in [0.15, 0.2) is 0 Å². The van der Waals surface area contributed by atoms with Gasteiger partial charge in [-0.2, -0.15) is 0 Å². The molecule has 15 heavy (non-hydrogen) atoms. The van der Waals surface area contributed by atoms with E-state index in [2.05, 4.69) is 10.6 Å². The molecule has 1 amide bonds. The number of nitrogens with two attached hydrogens (primary N) is 1. The molecule has 0 aliphatic heterocycles. The zero-order valence-electron chi connectivity index (χ0n) is 9.17. The third kappa shape index (κ3) is 3.47. The van der Waals surface area contributed by atoms with Crippen molar-refractivity contribution in [3.8, 4) is 0 Å². The summed E-state index contributed by atoms with van der Waals surface area (Å²) in [6.07, 6.45) is 5.55. The van der Waals surface area contributed by atoms with E-state index in [1.165, 1.54) is 6.42 Å². The molecule has 86 valence electrons. The Bertz CT molecular complexity index is 228. The fraction of sp³-hybridized carbons (Fsp3) is 0.909. The number of nitrogens with one attached hydrogen (secondary N) is 2. The average molecular weight is 211 g/mol. The van der Waals surface area contributed by atoms with Crippen molar-refractivity contribution in [3.63, 3.8) is 0 Å². The third-order valence-corrected chi connectivity index (χ3v) is 3.28. The zero-order valence-corrected chi connectivity index (χ0v) is 9.17. The Kier molecular flexibility index (Phi) is 3.59. The number of rotatable bonds is 5. The first-order valence-corrected chi connectivity index (χ1v) is 6.02. The molecule has 4 heteroatoms. The Labute approximate surface area is 91.0 Å². The lowest BCUT2D eigenvalue weighted by atomic mass is 10.2. The smallest absolute Gasteiger partial charge is 0.223 e. The molecule has 4 N–H and O–H groups in total. The molecule has 0 aromatic heterocycles. The SMILES string of the molecule is NC1CCC(NCCNC(=O)C2CC2)C1. The van der Waals surface area contributed by atoms with Crippen LogP contribution in [0.4, 0.5) is 0 Å². The van der Waals surface area contributed by atoms with Gasteiger partial charge >= 0.3 is 0 Å². The van der Waals surface area contributed by atoms with Crippen LogP contribution in [0.15, 0.2) is 0 Å². The number of carbonyl (C=O) groups is 1. The summed E-state index contributed by atoms with van der Waals surface area (Å²) in [5, 5.41) is 6.38. The van der Waals surface area contributed by atoms with Crippen LogP contribution in [-0.4, -0.2) is 31.1 Å². The fourth-order valence-electron chi connectivity index (χ4n) is 2.15. The van der Waals surface area contributed by atoms with E-state index in [-0.39, 0.29) is 5.91 Å². The van der Waals surface area contributed by atoms with Gasteiger partial charge < -0.3 is 16.4 Å². The highest BCUT2D eigenvalue weighted by Gasteiger charge is 2.29. The van der Waals surface area contributed by atoms with E-state index in [1.54, 1.807) is 0 Å². The van der Waals surface area contributed by atoms with E-state index < -0.39 is 0 Å². The lowest BCUT2D eigenvalue weighted by molar-refractivity contribution is -0.122. The molecule has 2 unspecified atom stereocenters. The van der Waals surface area contributed by atoms with Gasteiger partial charge in [0.25, 0.3) is 0 Å². The minimum Gasteiger partial charge on any atom is -0.355 e. The lowest BCUT2D eigenvalue weighted by Gasteiger charge is -2.12. The van der Waals surface area contributed by atoms with E-state index in [0.717, 1.165) is 38.8 Å². The Morgan fingerprint density at radius 2 is 2.00 bits per heavy atom. The second kappa shape index (κ2) is 4.94. The number of hydrogen-bond acceptors (Lipinski definition) is 3. The van der Waals surface area contributed by atoms with Gasteiger partial charge in [0.1, 0.15) is 0 Å². The quantitative estimate of drug-likeness (QED) is 0.560. The highest BCUT2D eigenvalue weighted by Crippen LogP contribution is 2.28. The summed E-state index contributed by atoms with van der Waals surface area (Å²) >= 11 is 0. The van der Waals surface area contributed by atoms with Crippen LogP contribution in [0.25, 0.3) is 0 Å². The lowest BCUT2D eigenvalue weighted by Crippen LogP contribution is -2.37. The van der Waals surface area contributed by atoms with Crippen molar-refractivity contribution in [2.24, 2.45) is 11.7 Å². The molecule has 0 aromatic carbocycles. The second-order valence-electron chi connectivity index (χ2n) is 4.79. The van der Waals surface area contributed by atoms with Gasteiger partial charge in [0.2, 0.25) is 5.91 Å². The molecule has 4 nitrogen and oxygen atoms in total. The summed E-state index contributed by atoms with van der Waals surface area (Å²) < 4.78 is 0. The summed E-state index contributed by atoms with van der Waals surface area (Å²) in [4.78, 5) is 11.3. The molecule has 2 aliphatic carbocycles. The van der Waals surface area contributed by atoms with Crippen molar-refractivity contribution in [2.45, 2.75) is 44.2 Å². The Balaban J connectivity index is 1.49. The van der Waals surface area contributed by atoms with Crippen molar-refractivity contribution in [1.29, 1.82) is 0 Å². The summed E-state index contributed by atoms with van der Waals surface area (Å²) in [6, 6.07) is 0.946. The van der Waals surface area contributed by atoms with Crippen LogP contribution < -0.4 is 16.4 Å². The molecule has 0 heterocycles. The van der Waals surface area contributed by atoms with Crippen molar-refractivity contribution < 1.29 is 4.79 Å². The van der Waals surface area contributed by atoms with Crippen molar-refractivity contribution in [3.05, 3.63) is 0 Å². The molecule has 0 aromatic rings. The van der Waals surface area contributed by atoms with Crippen molar-refractivity contribution in [2.75, 3.05) is 13.1 Å². The molecule has 2 atom stereocenters. The van der Waals surface area contributed by atoms with Crippen LogP contribution in [0.5, 0.6) is 0 Å². The maximum atomic E-state index is 11.3. The third-order valence-electron chi connectivity index (χ3n) is 3.28. The summed E-state index contributed by atoms with van der Waals surface area (Å²) in [6.45, 7) is 1.62. The van der Waals surface area contributed by atoms with E-state index in [4.69, 9.17) is 5.73 Å². The van der Waals surface area contributed by atoms with Crippen LogP contribution in [0.2, 0.25) is 0 Å². The molecule has 0 saturated heterocycles.